The largest absolute Gasteiger partial charge is 0.465 e. The SMILES string of the molecule is COC(=O)c1ccc(N(C(N)=O)c2c(F)cccc2F)nc1-c1ccc(F)cc1. The highest BCUT2D eigenvalue weighted by atomic mass is 19.1. The Labute approximate surface area is 163 Å². The molecule has 0 aliphatic carbocycles. The van der Waals surface area contributed by atoms with Gasteiger partial charge in [0, 0.05) is 5.56 Å². The van der Waals surface area contributed by atoms with Gasteiger partial charge in [-0.15, -0.1) is 0 Å². The van der Waals surface area contributed by atoms with Crippen LogP contribution >= 0.6 is 0 Å². The molecule has 1 aromatic heterocycles. The third-order valence-corrected chi connectivity index (χ3v) is 4.01. The molecule has 1 heterocycles. The number of amides is 2. The van der Waals surface area contributed by atoms with Gasteiger partial charge in [-0.3, -0.25) is 0 Å². The Morgan fingerprint density at radius 2 is 1.59 bits per heavy atom. The van der Waals surface area contributed by atoms with Gasteiger partial charge in [-0.05, 0) is 48.5 Å². The van der Waals surface area contributed by atoms with Crippen LogP contribution in [0.2, 0.25) is 0 Å². The monoisotopic (exact) mass is 401 g/mol. The van der Waals surface area contributed by atoms with Crippen LogP contribution < -0.4 is 10.6 Å². The van der Waals surface area contributed by atoms with Crippen LogP contribution in [0.15, 0.2) is 54.6 Å². The Morgan fingerprint density at radius 3 is 2.14 bits per heavy atom. The number of urea groups is 1. The number of aromatic nitrogens is 1. The number of benzene rings is 2. The maximum Gasteiger partial charge on any atom is 0.340 e. The van der Waals surface area contributed by atoms with Crippen molar-refractivity contribution in [2.75, 3.05) is 12.0 Å². The fourth-order valence-corrected chi connectivity index (χ4v) is 2.72. The summed E-state index contributed by atoms with van der Waals surface area (Å²) in [6.45, 7) is 0. The number of ether oxygens (including phenoxy) is 1. The molecule has 0 unspecified atom stereocenters. The molecule has 3 rings (SSSR count). The van der Waals surface area contributed by atoms with E-state index in [0.29, 0.717) is 10.5 Å². The van der Waals surface area contributed by atoms with Gasteiger partial charge in [-0.1, -0.05) is 6.07 Å². The van der Waals surface area contributed by atoms with Crippen molar-refractivity contribution >= 4 is 23.5 Å². The van der Waals surface area contributed by atoms with Crippen LogP contribution in [0.25, 0.3) is 11.3 Å². The van der Waals surface area contributed by atoms with Gasteiger partial charge >= 0.3 is 12.0 Å². The van der Waals surface area contributed by atoms with Crippen LogP contribution in [-0.2, 0) is 4.74 Å². The Balaban J connectivity index is 2.23. The molecule has 0 aliphatic rings. The smallest absolute Gasteiger partial charge is 0.340 e. The van der Waals surface area contributed by atoms with Gasteiger partial charge in [-0.2, -0.15) is 0 Å². The molecule has 0 aliphatic heterocycles. The minimum absolute atomic E-state index is 0.00119. The molecule has 0 fully saturated rings. The average Bonchev–Trinajstić information content (AvgIpc) is 2.70. The van der Waals surface area contributed by atoms with E-state index in [4.69, 9.17) is 10.5 Å². The van der Waals surface area contributed by atoms with E-state index in [1.807, 2.05) is 0 Å². The van der Waals surface area contributed by atoms with Crippen LogP contribution in [0.4, 0.5) is 29.5 Å². The van der Waals surface area contributed by atoms with E-state index in [-0.39, 0.29) is 17.1 Å². The lowest BCUT2D eigenvalue weighted by atomic mass is 10.1. The number of primary amides is 1. The molecule has 0 saturated heterocycles. The van der Waals surface area contributed by atoms with Crippen molar-refractivity contribution in [1.82, 2.24) is 4.98 Å². The quantitative estimate of drug-likeness (QED) is 0.665. The number of hydrogen-bond acceptors (Lipinski definition) is 4. The molecule has 0 spiro atoms. The normalized spacial score (nSPS) is 10.5. The molecule has 2 amide bonds. The van der Waals surface area contributed by atoms with Crippen molar-refractivity contribution in [2.24, 2.45) is 5.73 Å². The lowest BCUT2D eigenvalue weighted by Gasteiger charge is -2.22. The summed E-state index contributed by atoms with van der Waals surface area (Å²) in [5.74, 6) is -3.58. The van der Waals surface area contributed by atoms with Crippen molar-refractivity contribution in [3.63, 3.8) is 0 Å². The highest BCUT2D eigenvalue weighted by molar-refractivity contribution is 6.00. The Bertz CT molecular complexity index is 1070. The van der Waals surface area contributed by atoms with Crippen molar-refractivity contribution < 1.29 is 27.5 Å². The molecule has 2 N–H and O–H groups in total. The maximum absolute atomic E-state index is 14.2. The molecule has 0 saturated carbocycles. The van der Waals surface area contributed by atoms with Crippen molar-refractivity contribution in [3.8, 4) is 11.3 Å². The third kappa shape index (κ3) is 3.88. The summed E-state index contributed by atoms with van der Waals surface area (Å²) < 4.78 is 46.5. The Hall–Kier alpha value is -3.88. The fraction of sp³-hybridized carbons (Fsp3) is 0.0500. The summed E-state index contributed by atoms with van der Waals surface area (Å²) in [6, 6.07) is 9.30. The van der Waals surface area contributed by atoms with Gasteiger partial charge in [0.15, 0.2) is 0 Å². The number of carbonyl (C=O) groups is 2. The molecular formula is C20H14F3N3O3. The molecular weight excluding hydrogens is 387 g/mol. The Morgan fingerprint density at radius 1 is 0.966 bits per heavy atom. The fourth-order valence-electron chi connectivity index (χ4n) is 2.72. The maximum atomic E-state index is 14.2. The number of methoxy groups -OCH3 is 1. The van der Waals surface area contributed by atoms with E-state index in [1.54, 1.807) is 0 Å². The lowest BCUT2D eigenvalue weighted by molar-refractivity contribution is 0.0601. The molecule has 29 heavy (non-hydrogen) atoms. The first-order valence-corrected chi connectivity index (χ1v) is 8.22. The number of esters is 1. The molecule has 0 atom stereocenters. The summed E-state index contributed by atoms with van der Waals surface area (Å²) in [5, 5.41) is 0. The number of hydrogen-bond donors (Lipinski definition) is 1. The van der Waals surface area contributed by atoms with Crippen LogP contribution in [0.3, 0.4) is 0 Å². The molecule has 9 heteroatoms. The first-order valence-electron chi connectivity index (χ1n) is 8.22. The van der Waals surface area contributed by atoms with E-state index in [0.717, 1.165) is 37.4 Å². The van der Waals surface area contributed by atoms with Crippen LogP contribution in [0.1, 0.15) is 10.4 Å². The zero-order valence-corrected chi connectivity index (χ0v) is 15.0. The second-order valence-corrected chi connectivity index (χ2v) is 5.81. The summed E-state index contributed by atoms with van der Waals surface area (Å²) in [4.78, 5) is 28.8. The predicted molar refractivity (Wildman–Crippen MR) is 99.1 cm³/mol. The van der Waals surface area contributed by atoms with Gasteiger partial charge in [0.2, 0.25) is 0 Å². The van der Waals surface area contributed by atoms with Crippen molar-refractivity contribution in [1.29, 1.82) is 0 Å². The molecule has 0 bridgehead atoms. The summed E-state index contributed by atoms with van der Waals surface area (Å²) in [5.41, 5.74) is 4.95. The predicted octanol–water partition coefficient (Wildman–Crippen LogP) is 4.17. The van der Waals surface area contributed by atoms with Crippen molar-refractivity contribution in [3.05, 3.63) is 77.6 Å². The van der Waals surface area contributed by atoms with Crippen LogP contribution in [0.5, 0.6) is 0 Å². The minimum atomic E-state index is -1.20. The lowest BCUT2D eigenvalue weighted by Crippen LogP contribution is -2.33. The number of halogens is 3. The number of rotatable bonds is 4. The first-order chi connectivity index (χ1) is 13.8. The van der Waals surface area contributed by atoms with Crippen molar-refractivity contribution in [2.45, 2.75) is 0 Å². The van der Waals surface area contributed by atoms with E-state index < -0.39 is 35.1 Å². The molecule has 2 aromatic carbocycles. The van der Waals surface area contributed by atoms with E-state index >= 15 is 0 Å². The number of pyridine rings is 1. The molecule has 0 radical (unpaired) electrons. The summed E-state index contributed by atoms with van der Waals surface area (Å²) in [7, 11) is 1.16. The standard InChI is InChI=1S/C20H14F3N3O3/c1-29-19(27)13-9-10-16(25-17(13)11-5-7-12(21)8-6-11)26(20(24)28)18-14(22)3-2-4-15(18)23/h2-10H,1H3,(H2,24,28). The number of carbonyl (C=O) groups excluding carboxylic acids is 2. The third-order valence-electron chi connectivity index (χ3n) is 4.01. The summed E-state index contributed by atoms with van der Waals surface area (Å²) in [6.07, 6.45) is 0. The highest BCUT2D eigenvalue weighted by Gasteiger charge is 2.26. The van der Waals surface area contributed by atoms with Gasteiger partial charge in [-0.25, -0.2) is 32.6 Å². The van der Waals surface area contributed by atoms with Crippen LogP contribution in [0, 0.1) is 17.5 Å². The van der Waals surface area contributed by atoms with E-state index in [1.165, 1.54) is 24.3 Å². The molecule has 3 aromatic rings. The highest BCUT2D eigenvalue weighted by Crippen LogP contribution is 2.32. The first kappa shape index (κ1) is 19.9. The second kappa shape index (κ2) is 8.01. The topological polar surface area (TPSA) is 85.5 Å². The molecule has 6 nitrogen and oxygen atoms in total. The molecule has 148 valence electrons. The van der Waals surface area contributed by atoms with Gasteiger partial charge in [0.1, 0.15) is 29.0 Å². The summed E-state index contributed by atoms with van der Waals surface area (Å²) >= 11 is 0. The van der Waals surface area contributed by atoms with E-state index in [2.05, 4.69) is 4.98 Å². The zero-order valence-electron chi connectivity index (χ0n) is 15.0. The van der Waals surface area contributed by atoms with E-state index in [9.17, 15) is 22.8 Å². The number of anilines is 2. The number of nitrogens with zero attached hydrogens (tertiary/aromatic N) is 2. The second-order valence-electron chi connectivity index (χ2n) is 5.81. The van der Waals surface area contributed by atoms with Gasteiger partial charge < -0.3 is 10.5 Å². The Kier molecular flexibility index (Phi) is 5.49. The number of para-hydroxylation sites is 1. The average molecular weight is 401 g/mol. The van der Waals surface area contributed by atoms with Crippen LogP contribution in [-0.4, -0.2) is 24.1 Å². The number of nitrogens with two attached hydrogens (primary N) is 1. The van der Waals surface area contributed by atoms with Gasteiger partial charge in [0.05, 0.1) is 18.4 Å². The van der Waals surface area contributed by atoms with Gasteiger partial charge in [0.25, 0.3) is 0 Å². The minimum Gasteiger partial charge on any atom is -0.465 e. The zero-order chi connectivity index (χ0) is 21.1.